The van der Waals surface area contributed by atoms with E-state index in [1.165, 1.54) is 12.8 Å². The van der Waals surface area contributed by atoms with Crippen LogP contribution in [0.3, 0.4) is 0 Å². The topological polar surface area (TPSA) is 87.5 Å². The molecule has 2 rings (SSSR count). The first-order chi connectivity index (χ1) is 11.6. The van der Waals surface area contributed by atoms with E-state index in [0.717, 1.165) is 30.9 Å². The highest BCUT2D eigenvalue weighted by atomic mass is 16.2. The molecule has 1 heterocycles. The maximum Gasteiger partial charge on any atom is 0.246 e. The van der Waals surface area contributed by atoms with E-state index in [4.69, 9.17) is 5.73 Å². The van der Waals surface area contributed by atoms with Crippen molar-refractivity contribution in [2.24, 2.45) is 5.73 Å². The summed E-state index contributed by atoms with van der Waals surface area (Å²) in [4.78, 5) is 26.6. The second-order valence-corrected chi connectivity index (χ2v) is 6.18. The number of nitrogens with two attached hydrogens (primary N) is 1. The van der Waals surface area contributed by atoms with Gasteiger partial charge in [-0.1, -0.05) is 19.4 Å². The van der Waals surface area contributed by atoms with Crippen molar-refractivity contribution in [1.82, 2.24) is 5.32 Å². The minimum atomic E-state index is -0.524. The molecule has 0 aromatic heterocycles. The van der Waals surface area contributed by atoms with E-state index in [2.05, 4.69) is 21.6 Å². The molecule has 4 N–H and O–H groups in total. The molecule has 0 aliphatic carbocycles. The Balaban J connectivity index is 2.00. The van der Waals surface area contributed by atoms with Crippen LogP contribution < -0.4 is 21.3 Å². The van der Waals surface area contributed by atoms with Gasteiger partial charge in [-0.25, -0.2) is 0 Å². The summed E-state index contributed by atoms with van der Waals surface area (Å²) < 4.78 is 0. The smallest absolute Gasteiger partial charge is 0.246 e. The van der Waals surface area contributed by atoms with Crippen LogP contribution in [0, 0.1) is 0 Å². The van der Waals surface area contributed by atoms with Gasteiger partial charge in [0.2, 0.25) is 11.8 Å². The first kappa shape index (κ1) is 18.3. The first-order valence-corrected chi connectivity index (χ1v) is 8.79. The second-order valence-electron chi connectivity index (χ2n) is 6.18. The molecule has 1 unspecified atom stereocenters. The van der Waals surface area contributed by atoms with Crippen LogP contribution in [0.1, 0.15) is 39.0 Å². The van der Waals surface area contributed by atoms with Crippen molar-refractivity contribution in [1.29, 1.82) is 0 Å². The summed E-state index contributed by atoms with van der Waals surface area (Å²) in [5.41, 5.74) is 7.28. The van der Waals surface area contributed by atoms with Crippen LogP contribution >= 0.6 is 0 Å². The third-order valence-electron chi connectivity index (χ3n) is 4.19. The number of benzene rings is 1. The molecule has 132 valence electrons. The molecule has 1 atom stereocenters. The summed E-state index contributed by atoms with van der Waals surface area (Å²) in [7, 11) is 0. The van der Waals surface area contributed by atoms with Crippen LogP contribution in [0.15, 0.2) is 24.3 Å². The summed E-state index contributed by atoms with van der Waals surface area (Å²) in [6, 6.07) is 7.36. The third kappa shape index (κ3) is 5.23. The molecular formula is C18H28N4O2. The maximum atomic E-state index is 12.5. The number of nitrogens with one attached hydrogen (secondary N) is 2. The summed E-state index contributed by atoms with van der Waals surface area (Å²) in [6.45, 7) is 4.39. The summed E-state index contributed by atoms with van der Waals surface area (Å²) in [5, 5.41) is 5.69. The molecule has 0 spiro atoms. The molecule has 2 amide bonds. The van der Waals surface area contributed by atoms with Crippen molar-refractivity contribution in [2.45, 2.75) is 45.1 Å². The molecular weight excluding hydrogens is 304 g/mol. The lowest BCUT2D eigenvalue weighted by Crippen LogP contribution is -2.44. The number of nitrogens with zero attached hydrogens (tertiary/aromatic N) is 1. The van der Waals surface area contributed by atoms with Crippen molar-refractivity contribution >= 4 is 23.2 Å². The molecule has 1 aliphatic heterocycles. The van der Waals surface area contributed by atoms with E-state index in [1.807, 2.05) is 25.1 Å². The number of amides is 2. The summed E-state index contributed by atoms with van der Waals surface area (Å²) in [5.74, 6) is -0.363. The molecule has 0 bridgehead atoms. The van der Waals surface area contributed by atoms with Crippen LogP contribution in [0.5, 0.6) is 0 Å². The van der Waals surface area contributed by atoms with E-state index in [9.17, 15) is 9.59 Å². The Morgan fingerprint density at radius 3 is 2.71 bits per heavy atom. The first-order valence-electron chi connectivity index (χ1n) is 8.79. The lowest BCUT2D eigenvalue weighted by Gasteiger charge is -2.20. The number of rotatable bonds is 8. The van der Waals surface area contributed by atoms with E-state index >= 15 is 0 Å². The summed E-state index contributed by atoms with van der Waals surface area (Å²) in [6.07, 6.45) is 4.07. The van der Waals surface area contributed by atoms with Gasteiger partial charge in [0.15, 0.2) is 0 Å². The zero-order valence-corrected chi connectivity index (χ0v) is 14.4. The van der Waals surface area contributed by atoms with Gasteiger partial charge in [0.25, 0.3) is 0 Å². The van der Waals surface area contributed by atoms with Crippen LogP contribution in [0.4, 0.5) is 11.4 Å². The van der Waals surface area contributed by atoms with E-state index in [1.54, 1.807) is 0 Å². The van der Waals surface area contributed by atoms with Crippen molar-refractivity contribution < 1.29 is 9.59 Å². The van der Waals surface area contributed by atoms with Crippen LogP contribution in [0.2, 0.25) is 0 Å². The highest BCUT2D eigenvalue weighted by Gasteiger charge is 2.20. The lowest BCUT2D eigenvalue weighted by atomic mass is 10.1. The number of carbonyl (C=O) groups is 2. The van der Waals surface area contributed by atoms with Crippen molar-refractivity contribution in [3.8, 4) is 0 Å². The minimum absolute atomic E-state index is 0.180. The van der Waals surface area contributed by atoms with Crippen LogP contribution in [-0.4, -0.2) is 37.5 Å². The Morgan fingerprint density at radius 2 is 2.04 bits per heavy atom. The molecule has 6 heteroatoms. The van der Waals surface area contributed by atoms with Gasteiger partial charge >= 0.3 is 0 Å². The van der Waals surface area contributed by atoms with Gasteiger partial charge in [-0.15, -0.1) is 0 Å². The predicted octanol–water partition coefficient (Wildman–Crippen LogP) is 1.86. The fourth-order valence-corrected chi connectivity index (χ4v) is 2.94. The van der Waals surface area contributed by atoms with Gasteiger partial charge in [0.05, 0.1) is 0 Å². The molecule has 1 fully saturated rings. The Labute approximate surface area is 143 Å². The predicted molar refractivity (Wildman–Crippen MR) is 97.0 cm³/mol. The van der Waals surface area contributed by atoms with Crippen LogP contribution in [-0.2, 0) is 9.59 Å². The number of hydrogen-bond acceptors (Lipinski definition) is 4. The van der Waals surface area contributed by atoms with Gasteiger partial charge < -0.3 is 21.3 Å². The Hall–Kier alpha value is -2.08. The molecule has 0 saturated carbocycles. The van der Waals surface area contributed by atoms with Gasteiger partial charge in [-0.05, 0) is 37.5 Å². The van der Waals surface area contributed by atoms with E-state index in [0.29, 0.717) is 6.42 Å². The molecule has 6 nitrogen and oxygen atoms in total. The Morgan fingerprint density at radius 1 is 1.29 bits per heavy atom. The Kier molecular flexibility index (Phi) is 7.06. The van der Waals surface area contributed by atoms with Gasteiger partial charge in [0, 0.05) is 37.4 Å². The van der Waals surface area contributed by atoms with Gasteiger partial charge in [0.1, 0.15) is 6.04 Å². The number of hydrogen-bond donors (Lipinski definition) is 3. The zero-order valence-electron chi connectivity index (χ0n) is 14.4. The standard InChI is InChI=1S/C18H28N4O2/c1-2-6-16(21-17(23)9-10-19)18(24)20-14-7-5-8-15(13-14)22-11-3-4-12-22/h5,7-8,13,16H,2-4,6,9-12,19H2,1H3,(H,20,24)(H,21,23). The van der Waals surface area contributed by atoms with Crippen molar-refractivity contribution in [3.63, 3.8) is 0 Å². The molecule has 0 radical (unpaired) electrons. The second kappa shape index (κ2) is 9.27. The normalized spacial score (nSPS) is 15.2. The minimum Gasteiger partial charge on any atom is -0.371 e. The highest BCUT2D eigenvalue weighted by Crippen LogP contribution is 2.23. The highest BCUT2D eigenvalue weighted by molar-refractivity contribution is 5.97. The molecule has 1 saturated heterocycles. The van der Waals surface area contributed by atoms with E-state index in [-0.39, 0.29) is 24.8 Å². The third-order valence-corrected chi connectivity index (χ3v) is 4.19. The lowest BCUT2D eigenvalue weighted by molar-refractivity contribution is -0.126. The number of anilines is 2. The molecule has 1 aromatic rings. The summed E-state index contributed by atoms with van der Waals surface area (Å²) >= 11 is 0. The largest absolute Gasteiger partial charge is 0.371 e. The van der Waals surface area contributed by atoms with E-state index < -0.39 is 6.04 Å². The fraction of sp³-hybridized carbons (Fsp3) is 0.556. The van der Waals surface area contributed by atoms with Gasteiger partial charge in [-0.2, -0.15) is 0 Å². The molecule has 24 heavy (non-hydrogen) atoms. The average Bonchev–Trinajstić information content (AvgIpc) is 3.09. The van der Waals surface area contributed by atoms with Crippen molar-refractivity contribution in [3.05, 3.63) is 24.3 Å². The van der Waals surface area contributed by atoms with Gasteiger partial charge in [-0.3, -0.25) is 9.59 Å². The molecule has 1 aliphatic rings. The van der Waals surface area contributed by atoms with Crippen molar-refractivity contribution in [2.75, 3.05) is 29.9 Å². The van der Waals surface area contributed by atoms with Crippen LogP contribution in [0.25, 0.3) is 0 Å². The quantitative estimate of drug-likeness (QED) is 0.678. The number of carbonyl (C=O) groups excluding carboxylic acids is 2. The monoisotopic (exact) mass is 332 g/mol. The average molecular weight is 332 g/mol. The maximum absolute atomic E-state index is 12.5. The zero-order chi connectivity index (χ0) is 17.4. The SMILES string of the molecule is CCCC(NC(=O)CCN)C(=O)Nc1cccc(N2CCCC2)c1. The Bertz CT molecular complexity index is 556. The fourth-order valence-electron chi connectivity index (χ4n) is 2.94. The molecule has 1 aromatic carbocycles.